The summed E-state index contributed by atoms with van der Waals surface area (Å²) in [5.41, 5.74) is -8.42. The number of hydrogen-bond donors (Lipinski definition) is 0. The van der Waals surface area contributed by atoms with Gasteiger partial charge in [-0.3, -0.25) is 14.9 Å². The number of carbonyl (C=O) groups excluding carboxylic acids is 1. The highest BCUT2D eigenvalue weighted by atomic mass is 35.5. The molecule has 28 heavy (non-hydrogen) atoms. The van der Waals surface area contributed by atoms with E-state index in [-0.39, 0.29) is 0 Å². The molecular formula is C12H3Cl2F9N2O3. The summed E-state index contributed by atoms with van der Waals surface area (Å²) in [4.78, 5) is 21.3. The third kappa shape index (κ3) is 2.33. The van der Waals surface area contributed by atoms with E-state index in [4.69, 9.17) is 23.4 Å². The Hall–Kier alpha value is -1.96. The van der Waals surface area contributed by atoms with Crippen LogP contribution in [-0.4, -0.2) is 40.2 Å². The highest BCUT2D eigenvalue weighted by Crippen LogP contribution is 2.69. The molecule has 0 aliphatic heterocycles. The SMILES string of the molecule is O=C(N(Cl)c1ccc([N+](=O)[O-])cc1Cl)C1(F)C(F)(F)C(F)(F)C(F)(F)C1(F)F. The third-order valence-electron chi connectivity index (χ3n) is 3.87. The van der Waals surface area contributed by atoms with Gasteiger partial charge in [0.15, 0.2) is 0 Å². The number of nitrogens with zero attached hydrogens (tertiary/aromatic N) is 2. The molecule has 16 heteroatoms. The van der Waals surface area contributed by atoms with Crippen LogP contribution < -0.4 is 4.42 Å². The average molecular weight is 465 g/mol. The molecule has 1 amide bonds. The molecule has 1 saturated carbocycles. The van der Waals surface area contributed by atoms with Gasteiger partial charge in [0, 0.05) is 23.9 Å². The maximum atomic E-state index is 14.4. The van der Waals surface area contributed by atoms with Crippen LogP contribution in [0.1, 0.15) is 0 Å². The molecule has 0 N–H and O–H groups in total. The van der Waals surface area contributed by atoms with Crippen LogP contribution in [0.15, 0.2) is 18.2 Å². The van der Waals surface area contributed by atoms with Crippen molar-refractivity contribution in [3.63, 3.8) is 0 Å². The molecule has 1 aromatic carbocycles. The fourth-order valence-electron chi connectivity index (χ4n) is 2.31. The van der Waals surface area contributed by atoms with Gasteiger partial charge in [0.2, 0.25) is 0 Å². The normalized spacial score (nSPS) is 23.2. The van der Waals surface area contributed by atoms with Crippen LogP contribution in [0, 0.1) is 10.1 Å². The summed E-state index contributed by atoms with van der Waals surface area (Å²) < 4.78 is 121. The van der Waals surface area contributed by atoms with Crippen molar-refractivity contribution in [1.29, 1.82) is 0 Å². The van der Waals surface area contributed by atoms with Gasteiger partial charge >= 0.3 is 29.4 Å². The van der Waals surface area contributed by atoms with E-state index in [1.165, 1.54) is 0 Å². The van der Waals surface area contributed by atoms with Gasteiger partial charge in [0.1, 0.15) is 0 Å². The lowest BCUT2D eigenvalue weighted by atomic mass is 9.95. The first kappa shape index (κ1) is 22.3. The predicted molar refractivity (Wildman–Crippen MR) is 75.1 cm³/mol. The zero-order valence-electron chi connectivity index (χ0n) is 12.5. The molecule has 0 saturated heterocycles. The Balaban J connectivity index is 2.63. The Kier molecular flexibility index (Phi) is 4.80. The standard InChI is InChI=1S/C12H3Cl2F9N2O3/c13-5-3-4(25(27)28)1-2-6(5)24(14)7(26)8(15)9(16,17)11(20,21)12(22,23)10(8,18)19/h1-3H. The van der Waals surface area contributed by atoms with Crippen molar-refractivity contribution >= 4 is 40.7 Å². The fraction of sp³-hybridized carbons (Fsp3) is 0.417. The summed E-state index contributed by atoms with van der Waals surface area (Å²) in [5.74, 6) is -31.1. The Morgan fingerprint density at radius 1 is 0.929 bits per heavy atom. The van der Waals surface area contributed by atoms with Gasteiger partial charge < -0.3 is 0 Å². The number of carbonyl (C=O) groups is 1. The largest absolute Gasteiger partial charge is 0.382 e. The second kappa shape index (κ2) is 6.02. The van der Waals surface area contributed by atoms with Crippen LogP contribution in [0.25, 0.3) is 0 Å². The van der Waals surface area contributed by atoms with E-state index >= 15 is 0 Å². The minimum Gasteiger partial charge on any atom is -0.269 e. The minimum atomic E-state index is -6.97. The van der Waals surface area contributed by atoms with E-state index in [0.29, 0.717) is 18.2 Å². The molecule has 0 aromatic heterocycles. The van der Waals surface area contributed by atoms with E-state index in [1.54, 1.807) is 0 Å². The maximum Gasteiger partial charge on any atom is 0.382 e. The van der Waals surface area contributed by atoms with Gasteiger partial charge in [-0.15, -0.1) is 0 Å². The van der Waals surface area contributed by atoms with Crippen LogP contribution in [0.4, 0.5) is 50.9 Å². The molecule has 0 atom stereocenters. The Bertz CT molecular complexity index is 839. The molecule has 1 aromatic rings. The van der Waals surface area contributed by atoms with E-state index < -0.39 is 61.0 Å². The number of rotatable bonds is 3. The summed E-state index contributed by atoms with van der Waals surface area (Å²) in [6.07, 6.45) is 0. The number of benzene rings is 1. The Morgan fingerprint density at radius 3 is 1.71 bits per heavy atom. The van der Waals surface area contributed by atoms with E-state index in [9.17, 15) is 54.4 Å². The molecule has 0 bridgehead atoms. The molecule has 156 valence electrons. The molecule has 0 radical (unpaired) electrons. The highest BCUT2D eigenvalue weighted by molar-refractivity contribution is 6.42. The third-order valence-corrected chi connectivity index (χ3v) is 4.51. The molecule has 0 heterocycles. The van der Waals surface area contributed by atoms with Crippen LogP contribution in [0.3, 0.4) is 0 Å². The summed E-state index contributed by atoms with van der Waals surface area (Å²) in [6.45, 7) is 0. The second-order valence-electron chi connectivity index (χ2n) is 5.43. The molecule has 0 spiro atoms. The summed E-state index contributed by atoms with van der Waals surface area (Å²) in [6, 6.07) is 1.30. The minimum absolute atomic E-state index is 0.385. The first-order valence-electron chi connectivity index (χ1n) is 6.54. The van der Waals surface area contributed by atoms with Crippen LogP contribution >= 0.6 is 23.4 Å². The average Bonchev–Trinajstić information content (AvgIpc) is 2.62. The molecule has 1 aliphatic carbocycles. The second-order valence-corrected chi connectivity index (χ2v) is 6.18. The van der Waals surface area contributed by atoms with Crippen molar-refractivity contribution in [2.75, 3.05) is 4.42 Å². The van der Waals surface area contributed by atoms with Gasteiger partial charge in [0.05, 0.1) is 15.6 Å². The first-order valence-corrected chi connectivity index (χ1v) is 7.25. The number of amides is 1. The van der Waals surface area contributed by atoms with Gasteiger partial charge in [0.25, 0.3) is 11.6 Å². The lowest BCUT2D eigenvalue weighted by Crippen LogP contribution is -2.63. The highest BCUT2D eigenvalue weighted by Gasteiger charge is 3.03. The van der Waals surface area contributed by atoms with Crippen molar-refractivity contribution in [2.24, 2.45) is 0 Å². The number of non-ortho nitro benzene ring substituents is 1. The van der Waals surface area contributed by atoms with Gasteiger partial charge in [-0.1, -0.05) is 11.6 Å². The van der Waals surface area contributed by atoms with E-state index in [0.717, 1.165) is 0 Å². The zero-order valence-corrected chi connectivity index (χ0v) is 14.0. The quantitative estimate of drug-likeness (QED) is 0.273. The van der Waals surface area contributed by atoms with Gasteiger partial charge in [-0.05, 0) is 6.07 Å². The monoisotopic (exact) mass is 464 g/mol. The molecule has 1 fully saturated rings. The predicted octanol–water partition coefficient (Wildman–Crippen LogP) is 5.00. The van der Waals surface area contributed by atoms with Crippen LogP contribution in [-0.2, 0) is 4.79 Å². The number of hydrogen-bond acceptors (Lipinski definition) is 3. The molecule has 0 unspecified atom stereocenters. The molecule has 2 rings (SSSR count). The number of anilines is 1. The molecule has 5 nitrogen and oxygen atoms in total. The zero-order chi connectivity index (χ0) is 22.1. The Morgan fingerprint density at radius 2 is 1.36 bits per heavy atom. The van der Waals surface area contributed by atoms with E-state index in [1.807, 2.05) is 0 Å². The van der Waals surface area contributed by atoms with Crippen LogP contribution in [0.5, 0.6) is 0 Å². The van der Waals surface area contributed by atoms with Crippen molar-refractivity contribution in [3.05, 3.63) is 33.3 Å². The first-order chi connectivity index (χ1) is 12.4. The summed E-state index contributed by atoms with van der Waals surface area (Å²) in [5, 5.41) is 9.58. The summed E-state index contributed by atoms with van der Waals surface area (Å²) >= 11 is 10.6. The van der Waals surface area contributed by atoms with Gasteiger partial charge in [-0.25, -0.2) is 8.81 Å². The van der Waals surface area contributed by atoms with Crippen molar-refractivity contribution < 1.29 is 49.2 Å². The topological polar surface area (TPSA) is 63.5 Å². The smallest absolute Gasteiger partial charge is 0.269 e. The molecular weight excluding hydrogens is 462 g/mol. The number of halogens is 11. The van der Waals surface area contributed by atoms with Crippen molar-refractivity contribution in [1.82, 2.24) is 0 Å². The number of nitro groups is 1. The fourth-order valence-corrected chi connectivity index (χ4v) is 2.87. The summed E-state index contributed by atoms with van der Waals surface area (Å²) in [7, 11) is 0. The van der Waals surface area contributed by atoms with Crippen molar-refractivity contribution in [2.45, 2.75) is 29.4 Å². The Labute approximate surface area is 157 Å². The van der Waals surface area contributed by atoms with E-state index in [2.05, 4.69) is 0 Å². The van der Waals surface area contributed by atoms with Gasteiger partial charge in [-0.2, -0.15) is 35.1 Å². The lowest BCUT2D eigenvalue weighted by Gasteiger charge is -2.31. The van der Waals surface area contributed by atoms with Crippen molar-refractivity contribution in [3.8, 4) is 0 Å². The van der Waals surface area contributed by atoms with Crippen LogP contribution in [0.2, 0.25) is 5.02 Å². The lowest BCUT2D eigenvalue weighted by molar-refractivity contribution is -0.384. The number of nitro benzene ring substituents is 1. The maximum absolute atomic E-state index is 14.4. The molecule has 1 aliphatic rings. The number of alkyl halides is 9.